The van der Waals surface area contributed by atoms with E-state index in [4.69, 9.17) is 16.3 Å². The zero-order chi connectivity index (χ0) is 19.9. The van der Waals surface area contributed by atoms with E-state index in [1.54, 1.807) is 36.1 Å². The number of rotatable bonds is 4. The summed E-state index contributed by atoms with van der Waals surface area (Å²) in [7, 11) is 0. The molecule has 1 aliphatic heterocycles. The van der Waals surface area contributed by atoms with Gasteiger partial charge in [-0.05, 0) is 49.4 Å². The summed E-state index contributed by atoms with van der Waals surface area (Å²) >= 11 is 6.06. The first-order valence-electron chi connectivity index (χ1n) is 9.15. The standard InChI is InChI=1S/C20H23ClN4O3/c1-2-28-20(27)23-17-8-6-16(7-9-17)22-19(26)25-12-10-24(11-13-25)18-5-3-4-15(21)14-18/h3-9,14H,2,10-13H2,1H3,(H,22,26)(H,23,27). The second-order valence-electron chi connectivity index (χ2n) is 6.31. The number of hydrogen-bond donors (Lipinski definition) is 2. The molecule has 0 radical (unpaired) electrons. The average Bonchev–Trinajstić information content (AvgIpc) is 2.70. The van der Waals surface area contributed by atoms with Gasteiger partial charge in [0.1, 0.15) is 0 Å². The van der Waals surface area contributed by atoms with Crippen LogP contribution in [0.2, 0.25) is 5.02 Å². The third kappa shape index (κ3) is 5.29. The van der Waals surface area contributed by atoms with E-state index in [2.05, 4.69) is 15.5 Å². The summed E-state index contributed by atoms with van der Waals surface area (Å²) in [6.07, 6.45) is -0.503. The fourth-order valence-electron chi connectivity index (χ4n) is 2.97. The van der Waals surface area contributed by atoms with E-state index in [0.29, 0.717) is 36.1 Å². The van der Waals surface area contributed by atoms with E-state index >= 15 is 0 Å². The molecular formula is C20H23ClN4O3. The van der Waals surface area contributed by atoms with Gasteiger partial charge in [-0.1, -0.05) is 17.7 Å². The van der Waals surface area contributed by atoms with E-state index in [0.717, 1.165) is 18.8 Å². The second-order valence-corrected chi connectivity index (χ2v) is 6.74. The first-order chi connectivity index (χ1) is 13.5. The number of piperazine rings is 1. The molecule has 0 spiro atoms. The molecule has 28 heavy (non-hydrogen) atoms. The van der Waals surface area contributed by atoms with Crippen LogP contribution in [0.3, 0.4) is 0 Å². The Hall–Kier alpha value is -2.93. The molecule has 1 fully saturated rings. The lowest BCUT2D eigenvalue weighted by Crippen LogP contribution is -2.50. The molecule has 7 nitrogen and oxygen atoms in total. The lowest BCUT2D eigenvalue weighted by Gasteiger charge is -2.36. The Morgan fingerprint density at radius 3 is 2.25 bits per heavy atom. The smallest absolute Gasteiger partial charge is 0.411 e. The van der Waals surface area contributed by atoms with Crippen LogP contribution in [0.15, 0.2) is 48.5 Å². The molecule has 0 atom stereocenters. The molecule has 0 aliphatic carbocycles. The average molecular weight is 403 g/mol. The van der Waals surface area contributed by atoms with Crippen LogP contribution in [0.4, 0.5) is 26.7 Å². The topological polar surface area (TPSA) is 73.9 Å². The molecule has 3 rings (SSSR count). The van der Waals surface area contributed by atoms with Gasteiger partial charge in [-0.2, -0.15) is 0 Å². The van der Waals surface area contributed by atoms with Crippen LogP contribution in [-0.2, 0) is 4.74 Å². The Morgan fingerprint density at radius 1 is 1.00 bits per heavy atom. The molecule has 148 valence electrons. The van der Waals surface area contributed by atoms with E-state index in [1.165, 1.54) is 0 Å². The van der Waals surface area contributed by atoms with E-state index in [9.17, 15) is 9.59 Å². The molecule has 2 N–H and O–H groups in total. The van der Waals surface area contributed by atoms with Crippen molar-refractivity contribution in [1.82, 2.24) is 4.90 Å². The van der Waals surface area contributed by atoms with Gasteiger partial charge in [-0.15, -0.1) is 0 Å². The summed E-state index contributed by atoms with van der Waals surface area (Å²) in [6.45, 7) is 4.80. The number of amides is 3. The minimum atomic E-state index is -0.503. The van der Waals surface area contributed by atoms with Gasteiger partial charge in [-0.25, -0.2) is 9.59 Å². The van der Waals surface area contributed by atoms with Gasteiger partial charge in [0.05, 0.1) is 6.61 Å². The maximum Gasteiger partial charge on any atom is 0.411 e. The summed E-state index contributed by atoms with van der Waals surface area (Å²) in [5.41, 5.74) is 2.33. The lowest BCUT2D eigenvalue weighted by molar-refractivity contribution is 0.168. The van der Waals surface area contributed by atoms with Crippen LogP contribution in [0.5, 0.6) is 0 Å². The van der Waals surface area contributed by atoms with E-state index < -0.39 is 6.09 Å². The molecule has 0 saturated carbocycles. The van der Waals surface area contributed by atoms with E-state index in [1.807, 2.05) is 24.3 Å². The zero-order valence-corrected chi connectivity index (χ0v) is 16.4. The van der Waals surface area contributed by atoms with Crippen LogP contribution >= 0.6 is 11.6 Å². The molecule has 1 saturated heterocycles. The monoisotopic (exact) mass is 402 g/mol. The SMILES string of the molecule is CCOC(=O)Nc1ccc(NC(=O)N2CCN(c3cccc(Cl)c3)CC2)cc1. The summed E-state index contributed by atoms with van der Waals surface area (Å²) in [4.78, 5) is 27.9. The van der Waals surface area contributed by atoms with Crippen molar-refractivity contribution in [3.05, 3.63) is 53.6 Å². The van der Waals surface area contributed by atoms with Gasteiger partial charge >= 0.3 is 12.1 Å². The van der Waals surface area contributed by atoms with Gasteiger partial charge < -0.3 is 19.9 Å². The van der Waals surface area contributed by atoms with Crippen molar-refractivity contribution in [2.45, 2.75) is 6.92 Å². The number of ether oxygens (including phenoxy) is 1. The predicted molar refractivity (Wildman–Crippen MR) is 111 cm³/mol. The fourth-order valence-corrected chi connectivity index (χ4v) is 3.15. The largest absolute Gasteiger partial charge is 0.450 e. The van der Waals surface area contributed by atoms with Crippen molar-refractivity contribution in [1.29, 1.82) is 0 Å². The molecule has 1 heterocycles. The van der Waals surface area contributed by atoms with Crippen molar-refractivity contribution in [3.8, 4) is 0 Å². The van der Waals surface area contributed by atoms with E-state index in [-0.39, 0.29) is 6.03 Å². The number of benzene rings is 2. The van der Waals surface area contributed by atoms with Crippen molar-refractivity contribution in [3.63, 3.8) is 0 Å². The third-order valence-corrected chi connectivity index (χ3v) is 4.63. The Morgan fingerprint density at radius 2 is 1.64 bits per heavy atom. The van der Waals surface area contributed by atoms with Crippen LogP contribution in [-0.4, -0.2) is 49.8 Å². The minimum absolute atomic E-state index is 0.142. The molecule has 1 aliphatic rings. The van der Waals surface area contributed by atoms with Crippen molar-refractivity contribution >= 4 is 40.8 Å². The maximum absolute atomic E-state index is 12.5. The first-order valence-corrected chi connectivity index (χ1v) is 9.53. The van der Waals surface area contributed by atoms with Gasteiger partial charge in [0.2, 0.25) is 0 Å². The van der Waals surface area contributed by atoms with Crippen molar-refractivity contribution in [2.24, 2.45) is 0 Å². The molecule has 0 unspecified atom stereocenters. The molecule has 2 aromatic carbocycles. The lowest BCUT2D eigenvalue weighted by atomic mass is 10.2. The van der Waals surface area contributed by atoms with Gasteiger partial charge in [0, 0.05) is 48.3 Å². The summed E-state index contributed by atoms with van der Waals surface area (Å²) in [5.74, 6) is 0. The second kappa shape index (κ2) is 9.32. The quantitative estimate of drug-likeness (QED) is 0.801. The normalized spacial score (nSPS) is 13.8. The highest BCUT2D eigenvalue weighted by Crippen LogP contribution is 2.21. The van der Waals surface area contributed by atoms with Gasteiger partial charge in [0.25, 0.3) is 0 Å². The fraction of sp³-hybridized carbons (Fsp3) is 0.300. The van der Waals surface area contributed by atoms with Crippen LogP contribution in [0, 0.1) is 0 Å². The third-order valence-electron chi connectivity index (χ3n) is 4.40. The zero-order valence-electron chi connectivity index (χ0n) is 15.7. The number of carbonyl (C=O) groups excluding carboxylic acids is 2. The number of nitrogens with zero attached hydrogens (tertiary/aromatic N) is 2. The number of hydrogen-bond acceptors (Lipinski definition) is 4. The Kier molecular flexibility index (Phi) is 6.60. The molecule has 8 heteroatoms. The van der Waals surface area contributed by atoms with Crippen LogP contribution in [0.25, 0.3) is 0 Å². The number of nitrogens with one attached hydrogen (secondary N) is 2. The summed E-state index contributed by atoms with van der Waals surface area (Å²) < 4.78 is 4.83. The Bertz CT molecular complexity index is 820. The Labute approximate surface area is 169 Å². The van der Waals surface area contributed by atoms with Crippen LogP contribution < -0.4 is 15.5 Å². The van der Waals surface area contributed by atoms with Gasteiger partial charge in [-0.3, -0.25) is 5.32 Å². The minimum Gasteiger partial charge on any atom is -0.450 e. The first kappa shape index (κ1) is 19.8. The maximum atomic E-state index is 12.5. The van der Waals surface area contributed by atoms with Crippen molar-refractivity contribution in [2.75, 3.05) is 48.3 Å². The molecule has 2 aromatic rings. The Balaban J connectivity index is 1.49. The highest BCUT2D eigenvalue weighted by molar-refractivity contribution is 6.30. The molecule has 0 bridgehead atoms. The number of halogens is 1. The number of urea groups is 1. The summed E-state index contributed by atoms with van der Waals surface area (Å²) in [5, 5.41) is 6.20. The van der Waals surface area contributed by atoms with Crippen LogP contribution in [0.1, 0.15) is 6.92 Å². The predicted octanol–water partition coefficient (Wildman–Crippen LogP) is 4.26. The molecule has 0 aromatic heterocycles. The van der Waals surface area contributed by atoms with Gasteiger partial charge in [0.15, 0.2) is 0 Å². The molecule has 3 amide bonds. The number of carbonyl (C=O) groups is 2. The highest BCUT2D eigenvalue weighted by atomic mass is 35.5. The van der Waals surface area contributed by atoms with Crippen molar-refractivity contribution < 1.29 is 14.3 Å². The summed E-state index contributed by atoms with van der Waals surface area (Å²) in [6, 6.07) is 14.5. The molecular weight excluding hydrogens is 380 g/mol. The number of anilines is 3. The highest BCUT2D eigenvalue weighted by Gasteiger charge is 2.21.